The van der Waals surface area contributed by atoms with Gasteiger partial charge in [-0.3, -0.25) is 0 Å². The molecule has 0 aliphatic carbocycles. The average molecular weight is 240 g/mol. The van der Waals surface area contributed by atoms with Crippen LogP contribution in [0.3, 0.4) is 0 Å². The zero-order valence-corrected chi connectivity index (χ0v) is 10.6. The number of hydrogen-bond acceptors (Lipinski definition) is 2. The largest absolute Gasteiger partial charge is 0.350 e. The van der Waals surface area contributed by atoms with Crippen molar-refractivity contribution in [2.24, 2.45) is 19.8 Å². The van der Waals surface area contributed by atoms with Crippen LogP contribution in [-0.2, 0) is 20.6 Å². The third-order valence-electron chi connectivity index (χ3n) is 3.40. The van der Waals surface area contributed by atoms with Gasteiger partial charge in [0.2, 0.25) is 0 Å². The summed E-state index contributed by atoms with van der Waals surface area (Å²) >= 11 is 0. The van der Waals surface area contributed by atoms with E-state index in [4.69, 9.17) is 5.73 Å². The maximum atomic E-state index is 5.82. The molecule has 0 radical (unpaired) electrons. The number of para-hydroxylation sites is 1. The van der Waals surface area contributed by atoms with Gasteiger partial charge in [-0.25, -0.2) is 4.98 Å². The molecule has 0 aliphatic rings. The molecule has 0 fully saturated rings. The van der Waals surface area contributed by atoms with Gasteiger partial charge in [-0.2, -0.15) is 0 Å². The van der Waals surface area contributed by atoms with Crippen LogP contribution in [0.15, 0.2) is 36.8 Å². The van der Waals surface area contributed by atoms with E-state index >= 15 is 0 Å². The molecule has 0 spiro atoms. The second-order valence-electron chi connectivity index (χ2n) is 4.53. The second kappa shape index (κ2) is 3.99. The van der Waals surface area contributed by atoms with Crippen LogP contribution in [0.1, 0.15) is 5.69 Å². The third-order valence-corrected chi connectivity index (χ3v) is 3.40. The lowest BCUT2D eigenvalue weighted by molar-refractivity contribution is 0.821. The Balaban J connectivity index is 2.32. The van der Waals surface area contributed by atoms with Crippen LogP contribution in [0.4, 0.5) is 0 Å². The maximum Gasteiger partial charge on any atom is 0.0953 e. The third kappa shape index (κ3) is 1.46. The van der Waals surface area contributed by atoms with Crippen molar-refractivity contribution in [3.8, 4) is 11.3 Å². The molecule has 0 aliphatic heterocycles. The number of rotatable bonds is 2. The van der Waals surface area contributed by atoms with E-state index in [9.17, 15) is 0 Å². The smallest absolute Gasteiger partial charge is 0.0953 e. The number of fused-ring (bicyclic) bond motifs is 1. The number of aromatic nitrogens is 3. The molecular formula is C14H16N4. The van der Waals surface area contributed by atoms with Crippen molar-refractivity contribution in [2.45, 2.75) is 6.54 Å². The van der Waals surface area contributed by atoms with Crippen LogP contribution in [0.5, 0.6) is 0 Å². The van der Waals surface area contributed by atoms with Crippen molar-refractivity contribution in [1.82, 2.24) is 14.1 Å². The topological polar surface area (TPSA) is 48.8 Å². The molecule has 3 aromatic rings. The molecular weight excluding hydrogens is 224 g/mol. The molecule has 92 valence electrons. The number of nitrogens with zero attached hydrogens (tertiary/aromatic N) is 3. The highest BCUT2D eigenvalue weighted by Crippen LogP contribution is 2.30. The minimum absolute atomic E-state index is 0.495. The van der Waals surface area contributed by atoms with Crippen LogP contribution in [0.25, 0.3) is 22.2 Å². The van der Waals surface area contributed by atoms with E-state index in [2.05, 4.69) is 41.0 Å². The fraction of sp³-hybridized carbons (Fsp3) is 0.214. The summed E-state index contributed by atoms with van der Waals surface area (Å²) < 4.78 is 4.11. The monoisotopic (exact) mass is 240 g/mol. The van der Waals surface area contributed by atoms with Crippen molar-refractivity contribution in [1.29, 1.82) is 0 Å². The predicted octanol–water partition coefficient (Wildman–Crippen LogP) is 2.04. The van der Waals surface area contributed by atoms with E-state index in [1.807, 2.05) is 24.0 Å². The van der Waals surface area contributed by atoms with Gasteiger partial charge < -0.3 is 14.9 Å². The molecule has 2 aromatic heterocycles. The summed E-state index contributed by atoms with van der Waals surface area (Å²) in [4.78, 5) is 4.49. The van der Waals surface area contributed by atoms with Crippen molar-refractivity contribution in [2.75, 3.05) is 0 Å². The summed E-state index contributed by atoms with van der Waals surface area (Å²) in [6, 6.07) is 8.34. The molecule has 18 heavy (non-hydrogen) atoms. The molecule has 0 unspecified atom stereocenters. The molecule has 4 nitrogen and oxygen atoms in total. The van der Waals surface area contributed by atoms with Crippen LogP contribution < -0.4 is 5.73 Å². The Morgan fingerprint density at radius 3 is 2.72 bits per heavy atom. The Morgan fingerprint density at radius 2 is 1.94 bits per heavy atom. The summed E-state index contributed by atoms with van der Waals surface area (Å²) in [6.07, 6.45) is 3.94. The van der Waals surface area contributed by atoms with Crippen molar-refractivity contribution in [3.63, 3.8) is 0 Å². The van der Waals surface area contributed by atoms with Crippen LogP contribution in [0, 0.1) is 0 Å². The summed E-state index contributed by atoms with van der Waals surface area (Å²) in [7, 11) is 4.03. The lowest BCUT2D eigenvalue weighted by Crippen LogP contribution is -2.04. The Morgan fingerprint density at radius 1 is 1.17 bits per heavy atom. The van der Waals surface area contributed by atoms with E-state index in [0.717, 1.165) is 17.0 Å². The van der Waals surface area contributed by atoms with Crippen molar-refractivity contribution >= 4 is 10.9 Å². The van der Waals surface area contributed by atoms with Crippen LogP contribution >= 0.6 is 0 Å². The number of nitrogens with two attached hydrogens (primary N) is 1. The number of benzene rings is 1. The Bertz CT molecular complexity index is 706. The number of imidazole rings is 1. The van der Waals surface area contributed by atoms with Gasteiger partial charge in [0.25, 0.3) is 0 Å². The van der Waals surface area contributed by atoms with E-state index in [0.29, 0.717) is 6.54 Å². The van der Waals surface area contributed by atoms with Gasteiger partial charge >= 0.3 is 0 Å². The highest BCUT2D eigenvalue weighted by molar-refractivity contribution is 5.95. The quantitative estimate of drug-likeness (QED) is 0.745. The van der Waals surface area contributed by atoms with Crippen molar-refractivity contribution in [3.05, 3.63) is 42.5 Å². The Kier molecular flexibility index (Phi) is 2.45. The molecule has 1 aromatic carbocycles. The van der Waals surface area contributed by atoms with Gasteiger partial charge in [0.1, 0.15) is 0 Å². The molecule has 0 atom stereocenters. The summed E-state index contributed by atoms with van der Waals surface area (Å²) in [6.45, 7) is 0.495. The SMILES string of the molecule is Cn1cnc(-c2cn(C)c3ccccc23)c1CN. The number of aryl methyl sites for hydroxylation is 2. The predicted molar refractivity (Wildman–Crippen MR) is 73.0 cm³/mol. The van der Waals surface area contributed by atoms with E-state index < -0.39 is 0 Å². The van der Waals surface area contributed by atoms with Gasteiger partial charge in [0.05, 0.1) is 17.7 Å². The van der Waals surface area contributed by atoms with Gasteiger partial charge in [-0.05, 0) is 6.07 Å². The summed E-state index contributed by atoms with van der Waals surface area (Å²) in [5.41, 5.74) is 10.2. The molecule has 3 rings (SSSR count). The molecule has 0 saturated carbocycles. The fourth-order valence-electron chi connectivity index (χ4n) is 2.45. The summed E-state index contributed by atoms with van der Waals surface area (Å²) in [5, 5.41) is 1.22. The first-order valence-electron chi connectivity index (χ1n) is 5.97. The molecule has 2 heterocycles. The Hall–Kier alpha value is -2.07. The van der Waals surface area contributed by atoms with Gasteiger partial charge in [-0.15, -0.1) is 0 Å². The van der Waals surface area contributed by atoms with Gasteiger partial charge in [-0.1, -0.05) is 18.2 Å². The highest BCUT2D eigenvalue weighted by atomic mass is 15.0. The minimum Gasteiger partial charge on any atom is -0.350 e. The van der Waals surface area contributed by atoms with E-state index in [1.165, 1.54) is 10.9 Å². The van der Waals surface area contributed by atoms with E-state index in [-0.39, 0.29) is 0 Å². The average Bonchev–Trinajstić information content (AvgIpc) is 2.91. The normalized spacial score (nSPS) is 11.3. The van der Waals surface area contributed by atoms with Crippen molar-refractivity contribution < 1.29 is 0 Å². The first kappa shape index (κ1) is 11.0. The molecule has 4 heteroatoms. The standard InChI is InChI=1S/C14H16N4/c1-17-8-11(10-5-3-4-6-12(10)17)14-13(7-15)18(2)9-16-14/h3-6,8-9H,7,15H2,1-2H3. The second-order valence-corrected chi connectivity index (χ2v) is 4.53. The first-order chi connectivity index (χ1) is 8.72. The Labute approximate surface area is 106 Å². The summed E-state index contributed by atoms with van der Waals surface area (Å²) in [5.74, 6) is 0. The minimum atomic E-state index is 0.495. The molecule has 0 bridgehead atoms. The van der Waals surface area contributed by atoms with Crippen LogP contribution in [0.2, 0.25) is 0 Å². The number of hydrogen-bond donors (Lipinski definition) is 1. The molecule has 0 amide bonds. The molecule has 0 saturated heterocycles. The van der Waals surface area contributed by atoms with Crippen LogP contribution in [-0.4, -0.2) is 14.1 Å². The highest BCUT2D eigenvalue weighted by Gasteiger charge is 2.14. The first-order valence-corrected chi connectivity index (χ1v) is 5.97. The molecule has 2 N–H and O–H groups in total. The lowest BCUT2D eigenvalue weighted by Gasteiger charge is -2.01. The fourth-order valence-corrected chi connectivity index (χ4v) is 2.45. The van der Waals surface area contributed by atoms with E-state index in [1.54, 1.807) is 0 Å². The zero-order chi connectivity index (χ0) is 12.7. The zero-order valence-electron chi connectivity index (χ0n) is 10.6. The van der Waals surface area contributed by atoms with Gasteiger partial charge in [0, 0.05) is 43.3 Å². The van der Waals surface area contributed by atoms with Gasteiger partial charge in [0.15, 0.2) is 0 Å². The lowest BCUT2D eigenvalue weighted by atomic mass is 10.1. The maximum absolute atomic E-state index is 5.82.